The lowest BCUT2D eigenvalue weighted by Crippen LogP contribution is -2.48. The van der Waals surface area contributed by atoms with Crippen molar-refractivity contribution in [1.82, 2.24) is 15.2 Å². The Balaban J connectivity index is 1.91. The van der Waals surface area contributed by atoms with Crippen LogP contribution < -0.4 is 5.32 Å². The number of aromatic nitrogens is 1. The molecule has 2 atom stereocenters. The van der Waals surface area contributed by atoms with Crippen molar-refractivity contribution in [3.63, 3.8) is 0 Å². The first-order chi connectivity index (χ1) is 10.4. The van der Waals surface area contributed by atoms with Gasteiger partial charge in [0.2, 0.25) is 0 Å². The lowest BCUT2D eigenvalue weighted by atomic mass is 10.00. The molecule has 5 nitrogen and oxygen atoms in total. The van der Waals surface area contributed by atoms with E-state index in [1.165, 1.54) is 12.8 Å². The molecule has 1 fully saturated rings. The predicted octanol–water partition coefficient (Wildman–Crippen LogP) is 3.58. The SMILES string of the molecule is C[C@H](c1nccs1)N1CCCC[C@H]1CNC(=O)OC(C)(C)C. The molecule has 0 bridgehead atoms. The Morgan fingerprint density at radius 1 is 1.55 bits per heavy atom. The maximum absolute atomic E-state index is 11.8. The summed E-state index contributed by atoms with van der Waals surface area (Å²) in [6.07, 6.45) is 5.04. The van der Waals surface area contributed by atoms with Gasteiger partial charge in [0.05, 0.1) is 6.04 Å². The minimum atomic E-state index is -0.454. The van der Waals surface area contributed by atoms with Gasteiger partial charge >= 0.3 is 6.09 Å². The Labute approximate surface area is 137 Å². The largest absolute Gasteiger partial charge is 0.444 e. The molecule has 1 aromatic heterocycles. The van der Waals surface area contributed by atoms with Crippen molar-refractivity contribution in [2.45, 2.75) is 64.6 Å². The molecule has 124 valence electrons. The summed E-state index contributed by atoms with van der Waals surface area (Å²) in [6.45, 7) is 9.52. The first-order valence-corrected chi connectivity index (χ1v) is 8.87. The number of hydrogen-bond donors (Lipinski definition) is 1. The van der Waals surface area contributed by atoms with E-state index in [4.69, 9.17) is 4.74 Å². The molecule has 1 aromatic rings. The zero-order valence-corrected chi connectivity index (χ0v) is 14.8. The number of likely N-dealkylation sites (tertiary alicyclic amines) is 1. The minimum absolute atomic E-state index is 0.297. The number of alkyl carbamates (subject to hydrolysis) is 1. The second-order valence-electron chi connectivity index (χ2n) is 6.82. The first kappa shape index (κ1) is 17.2. The fourth-order valence-corrected chi connectivity index (χ4v) is 3.57. The molecule has 0 unspecified atom stereocenters. The van der Waals surface area contributed by atoms with Crippen LogP contribution in [0.15, 0.2) is 11.6 Å². The van der Waals surface area contributed by atoms with Gasteiger partial charge in [-0.2, -0.15) is 0 Å². The van der Waals surface area contributed by atoms with Crippen LogP contribution in [0.1, 0.15) is 58.0 Å². The molecule has 0 aliphatic carbocycles. The zero-order chi connectivity index (χ0) is 16.2. The Morgan fingerprint density at radius 3 is 2.95 bits per heavy atom. The number of carbonyl (C=O) groups is 1. The monoisotopic (exact) mass is 325 g/mol. The molecular formula is C16H27N3O2S. The Hall–Kier alpha value is -1.14. The molecule has 1 saturated heterocycles. The average Bonchev–Trinajstić information content (AvgIpc) is 2.97. The summed E-state index contributed by atoms with van der Waals surface area (Å²) in [5.74, 6) is 0. The van der Waals surface area contributed by atoms with E-state index in [9.17, 15) is 4.79 Å². The molecule has 0 radical (unpaired) electrons. The topological polar surface area (TPSA) is 54.5 Å². The van der Waals surface area contributed by atoms with Crippen molar-refractivity contribution >= 4 is 17.4 Å². The van der Waals surface area contributed by atoms with Crippen molar-refractivity contribution < 1.29 is 9.53 Å². The van der Waals surface area contributed by atoms with Crippen molar-refractivity contribution in [2.24, 2.45) is 0 Å². The van der Waals surface area contributed by atoms with Gasteiger partial charge in [-0.05, 0) is 47.1 Å². The van der Waals surface area contributed by atoms with Crippen molar-refractivity contribution in [1.29, 1.82) is 0 Å². The third kappa shape index (κ3) is 4.95. The highest BCUT2D eigenvalue weighted by Crippen LogP contribution is 2.29. The van der Waals surface area contributed by atoms with Gasteiger partial charge in [-0.25, -0.2) is 9.78 Å². The van der Waals surface area contributed by atoms with Gasteiger partial charge < -0.3 is 10.1 Å². The maximum Gasteiger partial charge on any atom is 0.407 e. The lowest BCUT2D eigenvalue weighted by molar-refractivity contribution is 0.0472. The molecule has 2 rings (SSSR count). The van der Waals surface area contributed by atoms with Crippen LogP contribution in [0.4, 0.5) is 4.79 Å². The molecule has 1 amide bonds. The molecule has 1 N–H and O–H groups in total. The fraction of sp³-hybridized carbons (Fsp3) is 0.750. The van der Waals surface area contributed by atoms with Gasteiger partial charge in [-0.15, -0.1) is 11.3 Å². The highest BCUT2D eigenvalue weighted by Gasteiger charge is 2.29. The van der Waals surface area contributed by atoms with E-state index in [1.54, 1.807) is 11.3 Å². The second-order valence-corrected chi connectivity index (χ2v) is 7.74. The van der Waals surface area contributed by atoms with E-state index in [1.807, 2.05) is 32.3 Å². The molecule has 0 aromatic carbocycles. The number of carbonyl (C=O) groups excluding carboxylic acids is 1. The third-order valence-electron chi connectivity index (χ3n) is 3.86. The average molecular weight is 325 g/mol. The zero-order valence-electron chi connectivity index (χ0n) is 14.0. The van der Waals surface area contributed by atoms with Crippen LogP contribution in [0.25, 0.3) is 0 Å². The minimum Gasteiger partial charge on any atom is -0.444 e. The van der Waals surface area contributed by atoms with E-state index in [-0.39, 0.29) is 6.09 Å². The molecule has 0 spiro atoms. The van der Waals surface area contributed by atoms with Gasteiger partial charge in [0.15, 0.2) is 0 Å². The number of nitrogens with zero attached hydrogens (tertiary/aromatic N) is 2. The Bertz CT molecular complexity index is 470. The van der Waals surface area contributed by atoms with E-state index in [0.717, 1.165) is 18.0 Å². The number of ether oxygens (including phenoxy) is 1. The number of amides is 1. The number of rotatable bonds is 4. The van der Waals surface area contributed by atoms with Crippen LogP contribution >= 0.6 is 11.3 Å². The summed E-state index contributed by atoms with van der Waals surface area (Å²) < 4.78 is 5.32. The molecule has 22 heavy (non-hydrogen) atoms. The summed E-state index contributed by atoms with van der Waals surface area (Å²) in [4.78, 5) is 18.7. The van der Waals surface area contributed by atoms with Gasteiger partial charge in [0.1, 0.15) is 10.6 Å². The van der Waals surface area contributed by atoms with Gasteiger partial charge in [0.25, 0.3) is 0 Å². The highest BCUT2D eigenvalue weighted by molar-refractivity contribution is 7.09. The van der Waals surface area contributed by atoms with Crippen LogP contribution in [0.5, 0.6) is 0 Å². The van der Waals surface area contributed by atoms with E-state index in [0.29, 0.717) is 18.6 Å². The molecule has 2 heterocycles. The van der Waals surface area contributed by atoms with Gasteiger partial charge in [-0.1, -0.05) is 6.42 Å². The van der Waals surface area contributed by atoms with E-state index >= 15 is 0 Å². The summed E-state index contributed by atoms with van der Waals surface area (Å²) in [7, 11) is 0. The van der Waals surface area contributed by atoms with Crippen LogP contribution in [-0.4, -0.2) is 40.7 Å². The lowest BCUT2D eigenvalue weighted by Gasteiger charge is -2.39. The standard InChI is InChI=1S/C16H27N3O2S/c1-12(14-17-8-10-22-14)19-9-6-5-7-13(19)11-18-15(20)21-16(2,3)4/h8,10,12-13H,5-7,9,11H2,1-4H3,(H,18,20)/t12-,13+/m1/s1. The van der Waals surface area contributed by atoms with E-state index in [2.05, 4.69) is 22.1 Å². The predicted molar refractivity (Wildman–Crippen MR) is 89.1 cm³/mol. The van der Waals surface area contributed by atoms with Crippen LogP contribution in [-0.2, 0) is 4.74 Å². The second kappa shape index (κ2) is 7.42. The van der Waals surface area contributed by atoms with Crippen molar-refractivity contribution in [3.8, 4) is 0 Å². The summed E-state index contributed by atoms with van der Waals surface area (Å²) in [6, 6.07) is 0.644. The molecule has 1 aliphatic heterocycles. The Kier molecular flexibility index (Phi) is 5.81. The van der Waals surface area contributed by atoms with Crippen LogP contribution in [0, 0.1) is 0 Å². The quantitative estimate of drug-likeness (QED) is 0.919. The highest BCUT2D eigenvalue weighted by atomic mass is 32.1. The first-order valence-electron chi connectivity index (χ1n) is 7.99. The van der Waals surface area contributed by atoms with Crippen molar-refractivity contribution in [2.75, 3.05) is 13.1 Å². The molecule has 0 saturated carbocycles. The number of nitrogens with one attached hydrogen (secondary N) is 1. The van der Waals surface area contributed by atoms with Gasteiger partial charge in [-0.3, -0.25) is 4.90 Å². The summed E-state index contributed by atoms with van der Waals surface area (Å²) in [5.41, 5.74) is -0.454. The fourth-order valence-electron chi connectivity index (χ4n) is 2.85. The smallest absolute Gasteiger partial charge is 0.407 e. The maximum atomic E-state index is 11.8. The third-order valence-corrected chi connectivity index (χ3v) is 4.81. The number of thiazole rings is 1. The van der Waals surface area contributed by atoms with Gasteiger partial charge in [0, 0.05) is 24.2 Å². The number of hydrogen-bond acceptors (Lipinski definition) is 5. The van der Waals surface area contributed by atoms with Crippen LogP contribution in [0.2, 0.25) is 0 Å². The molecule has 1 aliphatic rings. The van der Waals surface area contributed by atoms with E-state index < -0.39 is 5.60 Å². The summed E-state index contributed by atoms with van der Waals surface area (Å²) in [5, 5.41) is 6.08. The van der Waals surface area contributed by atoms with Crippen LogP contribution in [0.3, 0.4) is 0 Å². The molecular weight excluding hydrogens is 298 g/mol. The molecule has 6 heteroatoms. The Morgan fingerprint density at radius 2 is 2.32 bits per heavy atom. The summed E-state index contributed by atoms with van der Waals surface area (Å²) >= 11 is 1.69. The van der Waals surface area contributed by atoms with Crippen molar-refractivity contribution in [3.05, 3.63) is 16.6 Å². The normalized spacial score (nSPS) is 21.4. The number of piperidine rings is 1.